The lowest BCUT2D eigenvalue weighted by atomic mass is 10.2. The molecule has 4 rings (SSSR count). The summed E-state index contributed by atoms with van der Waals surface area (Å²) in [6, 6.07) is 5.86. The van der Waals surface area contributed by atoms with Gasteiger partial charge in [0.1, 0.15) is 10.6 Å². The zero-order valence-electron chi connectivity index (χ0n) is 14.6. The molecule has 0 saturated carbocycles. The van der Waals surface area contributed by atoms with E-state index in [1.165, 1.54) is 27.6 Å². The Morgan fingerprint density at radius 2 is 1.93 bits per heavy atom. The van der Waals surface area contributed by atoms with Crippen LogP contribution in [-0.2, 0) is 14.8 Å². The molecule has 3 heterocycles. The van der Waals surface area contributed by atoms with Crippen LogP contribution in [0.5, 0.6) is 5.75 Å². The lowest BCUT2D eigenvalue weighted by Crippen LogP contribution is -2.50. The van der Waals surface area contributed by atoms with E-state index in [1.807, 2.05) is 0 Å². The Morgan fingerprint density at radius 1 is 1.18 bits per heavy atom. The number of carbonyl (C=O) groups is 2. The molecule has 1 aromatic heterocycles. The fourth-order valence-electron chi connectivity index (χ4n) is 3.11. The van der Waals surface area contributed by atoms with Crippen molar-refractivity contribution in [2.75, 3.05) is 38.1 Å². The van der Waals surface area contributed by atoms with Gasteiger partial charge >= 0.3 is 0 Å². The van der Waals surface area contributed by atoms with Crippen molar-refractivity contribution in [1.82, 2.24) is 9.21 Å². The highest BCUT2D eigenvalue weighted by atomic mass is 35.5. The van der Waals surface area contributed by atoms with E-state index in [0.717, 1.165) is 0 Å². The average molecular weight is 426 g/mol. The normalized spacial score (nSPS) is 17.6. The number of sulfonamides is 1. The number of benzene rings is 1. The Labute approximate surface area is 165 Å². The molecule has 0 atom stereocenters. The Hall–Kier alpha value is -2.56. The Morgan fingerprint density at radius 3 is 2.61 bits per heavy atom. The van der Waals surface area contributed by atoms with E-state index in [2.05, 4.69) is 5.32 Å². The first-order valence-electron chi connectivity index (χ1n) is 8.45. The lowest BCUT2D eigenvalue weighted by molar-refractivity contribution is -0.118. The van der Waals surface area contributed by atoms with Crippen LogP contribution < -0.4 is 10.1 Å². The third-order valence-electron chi connectivity index (χ3n) is 4.54. The van der Waals surface area contributed by atoms with Crippen molar-refractivity contribution in [3.05, 3.63) is 41.3 Å². The fourth-order valence-corrected chi connectivity index (χ4v) is 5.05. The number of piperazine rings is 1. The number of furan rings is 1. The van der Waals surface area contributed by atoms with Crippen LogP contribution in [0.2, 0.25) is 5.02 Å². The van der Waals surface area contributed by atoms with Gasteiger partial charge in [0.15, 0.2) is 12.4 Å². The SMILES string of the molecule is O=C1COc2cc(S(=O)(=O)N3CCN(C(=O)c4ccco4)CC3)c(Cl)cc2N1. The van der Waals surface area contributed by atoms with Crippen molar-refractivity contribution in [2.45, 2.75) is 4.90 Å². The molecule has 0 radical (unpaired) electrons. The summed E-state index contributed by atoms with van der Waals surface area (Å²) >= 11 is 6.17. The molecule has 1 aromatic carbocycles. The van der Waals surface area contributed by atoms with Gasteiger partial charge in [-0.3, -0.25) is 9.59 Å². The number of nitrogens with one attached hydrogen (secondary N) is 1. The topological polar surface area (TPSA) is 109 Å². The molecule has 148 valence electrons. The summed E-state index contributed by atoms with van der Waals surface area (Å²) < 4.78 is 37.7. The summed E-state index contributed by atoms with van der Waals surface area (Å²) in [6.07, 6.45) is 1.41. The van der Waals surface area contributed by atoms with Crippen LogP contribution in [0, 0.1) is 0 Å². The third-order valence-corrected chi connectivity index (χ3v) is 6.91. The number of nitrogens with zero attached hydrogens (tertiary/aromatic N) is 2. The van der Waals surface area contributed by atoms with E-state index >= 15 is 0 Å². The molecule has 2 aliphatic heterocycles. The minimum Gasteiger partial charge on any atom is -0.482 e. The van der Waals surface area contributed by atoms with E-state index < -0.39 is 10.0 Å². The van der Waals surface area contributed by atoms with Crippen LogP contribution in [-0.4, -0.2) is 62.2 Å². The van der Waals surface area contributed by atoms with Crippen molar-refractivity contribution in [2.24, 2.45) is 0 Å². The molecule has 0 unspecified atom stereocenters. The van der Waals surface area contributed by atoms with Crippen molar-refractivity contribution in [1.29, 1.82) is 0 Å². The van der Waals surface area contributed by atoms with Gasteiger partial charge in [0, 0.05) is 32.2 Å². The molecule has 0 bridgehead atoms. The van der Waals surface area contributed by atoms with Crippen LogP contribution in [0.3, 0.4) is 0 Å². The summed E-state index contributed by atoms with van der Waals surface area (Å²) in [5, 5.41) is 2.57. The summed E-state index contributed by atoms with van der Waals surface area (Å²) in [7, 11) is -3.90. The minimum absolute atomic E-state index is 0.0151. The number of anilines is 1. The van der Waals surface area contributed by atoms with Gasteiger partial charge in [-0.15, -0.1) is 0 Å². The van der Waals surface area contributed by atoms with Crippen molar-refractivity contribution in [3.8, 4) is 5.75 Å². The fraction of sp³-hybridized carbons (Fsp3) is 0.294. The molecule has 1 saturated heterocycles. The maximum atomic E-state index is 13.0. The maximum absolute atomic E-state index is 13.0. The van der Waals surface area contributed by atoms with E-state index in [1.54, 1.807) is 12.1 Å². The predicted octanol–water partition coefficient (Wildman–Crippen LogP) is 1.41. The van der Waals surface area contributed by atoms with Crippen molar-refractivity contribution in [3.63, 3.8) is 0 Å². The smallest absolute Gasteiger partial charge is 0.289 e. The standard InChI is InChI=1S/C17H16ClN3O6S/c18-11-8-12-14(27-10-16(22)19-12)9-15(11)28(24,25)21-5-3-20(4-6-21)17(23)13-2-1-7-26-13/h1-2,7-9H,3-6,10H2,(H,19,22). The van der Waals surface area contributed by atoms with Gasteiger partial charge in [0.25, 0.3) is 11.8 Å². The molecule has 1 fully saturated rings. The highest BCUT2D eigenvalue weighted by Crippen LogP contribution is 2.37. The zero-order valence-corrected chi connectivity index (χ0v) is 16.1. The van der Waals surface area contributed by atoms with Crippen molar-refractivity contribution >= 4 is 39.1 Å². The van der Waals surface area contributed by atoms with E-state index in [0.29, 0.717) is 5.69 Å². The highest BCUT2D eigenvalue weighted by molar-refractivity contribution is 7.89. The molecule has 9 nitrogen and oxygen atoms in total. The van der Waals surface area contributed by atoms with Crippen LogP contribution in [0.4, 0.5) is 5.69 Å². The molecule has 0 aliphatic carbocycles. The molecule has 0 spiro atoms. The van der Waals surface area contributed by atoms with Gasteiger partial charge in [-0.25, -0.2) is 8.42 Å². The van der Waals surface area contributed by atoms with Gasteiger partial charge < -0.3 is 19.4 Å². The molecule has 2 amide bonds. The van der Waals surface area contributed by atoms with Gasteiger partial charge in [-0.1, -0.05) is 11.6 Å². The van der Waals surface area contributed by atoms with Crippen LogP contribution in [0.15, 0.2) is 39.8 Å². The van der Waals surface area contributed by atoms with Crippen LogP contribution in [0.1, 0.15) is 10.6 Å². The number of fused-ring (bicyclic) bond motifs is 1. The molecule has 11 heteroatoms. The number of amides is 2. The maximum Gasteiger partial charge on any atom is 0.289 e. The Bertz CT molecular complexity index is 1030. The Balaban J connectivity index is 1.52. The van der Waals surface area contributed by atoms with Gasteiger partial charge in [0.05, 0.1) is 17.0 Å². The molecule has 28 heavy (non-hydrogen) atoms. The van der Waals surface area contributed by atoms with Crippen LogP contribution in [0.25, 0.3) is 0 Å². The number of halogens is 1. The first kappa shape index (κ1) is 18.8. The summed E-state index contributed by atoms with van der Waals surface area (Å²) in [5.74, 6) is -0.156. The quantitative estimate of drug-likeness (QED) is 0.796. The zero-order chi connectivity index (χ0) is 19.9. The first-order valence-corrected chi connectivity index (χ1v) is 10.3. The second-order valence-electron chi connectivity index (χ2n) is 6.29. The number of hydrogen-bond acceptors (Lipinski definition) is 6. The van der Waals surface area contributed by atoms with Crippen LogP contribution >= 0.6 is 11.6 Å². The van der Waals surface area contributed by atoms with Crippen molar-refractivity contribution < 1.29 is 27.2 Å². The first-order chi connectivity index (χ1) is 13.4. The summed E-state index contributed by atoms with van der Waals surface area (Å²) in [5.41, 5.74) is 0.328. The molecule has 2 aromatic rings. The van der Waals surface area contributed by atoms with E-state index in [-0.39, 0.29) is 66.0 Å². The molecular weight excluding hydrogens is 410 g/mol. The summed E-state index contributed by atoms with van der Waals surface area (Å²) in [4.78, 5) is 25.2. The second kappa shape index (κ2) is 7.12. The van der Waals surface area contributed by atoms with E-state index in [4.69, 9.17) is 20.8 Å². The number of hydrogen-bond donors (Lipinski definition) is 1. The van der Waals surface area contributed by atoms with E-state index in [9.17, 15) is 18.0 Å². The second-order valence-corrected chi connectivity index (χ2v) is 8.60. The molecule has 1 N–H and O–H groups in total. The third kappa shape index (κ3) is 3.34. The Kier molecular flexibility index (Phi) is 4.77. The van der Waals surface area contributed by atoms with Gasteiger partial charge in [-0.05, 0) is 18.2 Å². The average Bonchev–Trinajstić information content (AvgIpc) is 3.21. The highest BCUT2D eigenvalue weighted by Gasteiger charge is 2.33. The largest absolute Gasteiger partial charge is 0.482 e. The van der Waals surface area contributed by atoms with Gasteiger partial charge in [-0.2, -0.15) is 4.31 Å². The van der Waals surface area contributed by atoms with Gasteiger partial charge in [0.2, 0.25) is 10.0 Å². The monoisotopic (exact) mass is 425 g/mol. The summed E-state index contributed by atoms with van der Waals surface area (Å²) in [6.45, 7) is 0.517. The number of rotatable bonds is 3. The number of carbonyl (C=O) groups excluding carboxylic acids is 2. The molecular formula is C17H16ClN3O6S. The lowest BCUT2D eigenvalue weighted by Gasteiger charge is -2.33. The number of ether oxygens (including phenoxy) is 1. The minimum atomic E-state index is -3.90. The predicted molar refractivity (Wildman–Crippen MR) is 98.9 cm³/mol. The molecule has 2 aliphatic rings.